The summed E-state index contributed by atoms with van der Waals surface area (Å²) in [6, 6.07) is -0.0206. The zero-order valence-corrected chi connectivity index (χ0v) is 12.3. The van der Waals surface area contributed by atoms with Crippen LogP contribution in [-0.2, 0) is 9.53 Å². The number of rotatable bonds is 5. The smallest absolute Gasteiger partial charge is 0.232 e. The number of hydrogen-bond donors (Lipinski definition) is 1. The molecular weight excluding hydrogens is 230 g/mol. The van der Waals surface area contributed by atoms with E-state index in [-0.39, 0.29) is 18.0 Å². The average molecular weight is 257 g/mol. The average Bonchev–Trinajstić information content (AvgIpc) is 2.60. The zero-order chi connectivity index (χ0) is 13.9. The first-order valence-corrected chi connectivity index (χ1v) is 6.62. The molecule has 3 unspecified atom stereocenters. The number of amides is 1. The molecule has 0 aliphatic carbocycles. The number of nitrogens with zero attached hydrogens (tertiary/aromatic N) is 2. The van der Waals surface area contributed by atoms with E-state index in [0.29, 0.717) is 19.8 Å². The van der Waals surface area contributed by atoms with Gasteiger partial charge in [-0.1, -0.05) is 0 Å². The molecule has 0 saturated carbocycles. The predicted molar refractivity (Wildman–Crippen MR) is 72.3 cm³/mol. The van der Waals surface area contributed by atoms with E-state index in [1.165, 1.54) is 0 Å². The zero-order valence-electron chi connectivity index (χ0n) is 12.3. The van der Waals surface area contributed by atoms with Crippen LogP contribution in [0.25, 0.3) is 0 Å². The van der Waals surface area contributed by atoms with Crippen molar-refractivity contribution in [2.45, 2.75) is 32.9 Å². The molecule has 0 bridgehead atoms. The van der Waals surface area contributed by atoms with Crippen molar-refractivity contribution in [3.8, 4) is 0 Å². The van der Waals surface area contributed by atoms with E-state index < -0.39 is 5.41 Å². The van der Waals surface area contributed by atoms with Gasteiger partial charge in [-0.2, -0.15) is 0 Å². The highest BCUT2D eigenvalue weighted by atomic mass is 16.5. The summed E-state index contributed by atoms with van der Waals surface area (Å²) in [5, 5.41) is 0. The van der Waals surface area contributed by atoms with Crippen LogP contribution < -0.4 is 5.73 Å². The Kier molecular flexibility index (Phi) is 5.13. The third-order valence-electron chi connectivity index (χ3n) is 3.77. The third kappa shape index (κ3) is 3.02. The van der Waals surface area contributed by atoms with Crippen LogP contribution in [-0.4, -0.2) is 68.2 Å². The molecule has 1 aliphatic rings. The molecule has 0 aromatic rings. The summed E-state index contributed by atoms with van der Waals surface area (Å²) in [5.41, 5.74) is 5.45. The maximum Gasteiger partial charge on any atom is 0.232 e. The fourth-order valence-electron chi connectivity index (χ4n) is 2.52. The van der Waals surface area contributed by atoms with E-state index >= 15 is 0 Å². The lowest BCUT2D eigenvalue weighted by Gasteiger charge is -2.37. The Hall–Kier alpha value is -0.650. The molecule has 106 valence electrons. The Morgan fingerprint density at radius 1 is 1.56 bits per heavy atom. The van der Waals surface area contributed by atoms with Crippen LogP contribution in [0.15, 0.2) is 0 Å². The third-order valence-corrected chi connectivity index (χ3v) is 3.77. The van der Waals surface area contributed by atoms with Gasteiger partial charge in [0, 0.05) is 25.2 Å². The quantitative estimate of drug-likeness (QED) is 0.761. The van der Waals surface area contributed by atoms with Crippen LogP contribution in [0.4, 0.5) is 0 Å². The molecule has 3 atom stereocenters. The number of likely N-dealkylation sites (N-methyl/N-ethyl adjacent to an activating group) is 2. The molecular formula is C13H27N3O2. The second-order valence-corrected chi connectivity index (χ2v) is 5.74. The van der Waals surface area contributed by atoms with Crippen molar-refractivity contribution in [1.29, 1.82) is 0 Å². The van der Waals surface area contributed by atoms with Crippen molar-refractivity contribution in [3.05, 3.63) is 0 Å². The second-order valence-electron chi connectivity index (χ2n) is 5.74. The van der Waals surface area contributed by atoms with Crippen LogP contribution in [0.3, 0.4) is 0 Å². The summed E-state index contributed by atoms with van der Waals surface area (Å²) < 4.78 is 5.37. The van der Waals surface area contributed by atoms with E-state index in [1.54, 1.807) is 0 Å². The Labute approximate surface area is 110 Å². The second kappa shape index (κ2) is 5.99. The fraction of sp³-hybridized carbons (Fsp3) is 0.923. The molecule has 0 aromatic heterocycles. The highest BCUT2D eigenvalue weighted by Crippen LogP contribution is 2.30. The van der Waals surface area contributed by atoms with Gasteiger partial charge in [-0.3, -0.25) is 4.79 Å². The minimum Gasteiger partial charge on any atom is -0.379 e. The molecule has 18 heavy (non-hydrogen) atoms. The molecule has 0 spiro atoms. The molecule has 5 heteroatoms. The minimum atomic E-state index is -0.573. The lowest BCUT2D eigenvalue weighted by Crippen LogP contribution is -2.55. The molecule has 2 N–H and O–H groups in total. The molecule has 1 saturated heterocycles. The number of hydrogen-bond acceptors (Lipinski definition) is 4. The molecule has 1 rings (SSSR count). The van der Waals surface area contributed by atoms with Gasteiger partial charge in [-0.05, 0) is 34.9 Å². The molecule has 1 amide bonds. The van der Waals surface area contributed by atoms with Gasteiger partial charge in [0.05, 0.1) is 18.6 Å². The van der Waals surface area contributed by atoms with Crippen LogP contribution in [0.1, 0.15) is 20.8 Å². The Morgan fingerprint density at radius 3 is 2.56 bits per heavy atom. The molecule has 1 fully saturated rings. The number of nitrogens with two attached hydrogens (primary N) is 1. The molecule has 1 heterocycles. The summed E-state index contributed by atoms with van der Waals surface area (Å²) in [6.45, 7) is 8.46. The lowest BCUT2D eigenvalue weighted by molar-refractivity contribution is -0.144. The number of carbonyl (C=O) groups excluding carboxylic acids is 1. The van der Waals surface area contributed by atoms with Crippen LogP contribution in [0, 0.1) is 5.41 Å². The normalized spacial score (nSPS) is 29.6. The van der Waals surface area contributed by atoms with Gasteiger partial charge in [0.2, 0.25) is 5.91 Å². The van der Waals surface area contributed by atoms with E-state index in [2.05, 4.69) is 11.8 Å². The van der Waals surface area contributed by atoms with Crippen molar-refractivity contribution in [2.75, 3.05) is 40.4 Å². The van der Waals surface area contributed by atoms with Gasteiger partial charge >= 0.3 is 0 Å². The fourth-order valence-corrected chi connectivity index (χ4v) is 2.52. The SMILES string of the molecule is CCN(C(=O)C1(C)COCC1N)C(C)CN(C)C. The van der Waals surface area contributed by atoms with Gasteiger partial charge in [0.1, 0.15) is 0 Å². The minimum absolute atomic E-state index is 0.115. The molecule has 0 radical (unpaired) electrons. The summed E-state index contributed by atoms with van der Waals surface area (Å²) in [5.74, 6) is 0.115. The van der Waals surface area contributed by atoms with Gasteiger partial charge in [-0.15, -0.1) is 0 Å². The van der Waals surface area contributed by atoms with Crippen LogP contribution in [0.5, 0.6) is 0 Å². The van der Waals surface area contributed by atoms with Crippen molar-refractivity contribution in [3.63, 3.8) is 0 Å². The van der Waals surface area contributed by atoms with Crippen LogP contribution >= 0.6 is 0 Å². The first kappa shape index (κ1) is 15.4. The maximum atomic E-state index is 12.7. The monoisotopic (exact) mass is 257 g/mol. The molecule has 5 nitrogen and oxygen atoms in total. The van der Waals surface area contributed by atoms with Gasteiger partial charge in [0.15, 0.2) is 0 Å². The summed E-state index contributed by atoms with van der Waals surface area (Å²) in [6.07, 6.45) is 0. The maximum absolute atomic E-state index is 12.7. The Morgan fingerprint density at radius 2 is 2.17 bits per heavy atom. The van der Waals surface area contributed by atoms with E-state index in [1.807, 2.05) is 32.8 Å². The first-order valence-electron chi connectivity index (χ1n) is 6.62. The van der Waals surface area contributed by atoms with Crippen molar-refractivity contribution in [1.82, 2.24) is 9.80 Å². The van der Waals surface area contributed by atoms with Crippen molar-refractivity contribution in [2.24, 2.45) is 11.1 Å². The number of ether oxygens (including phenoxy) is 1. The Bertz CT molecular complexity index is 296. The number of carbonyl (C=O) groups is 1. The lowest BCUT2D eigenvalue weighted by atomic mass is 9.84. The standard InChI is InChI=1S/C13H27N3O2/c1-6-16(10(2)7-15(4)5)12(17)13(3)9-18-8-11(13)14/h10-11H,6-9,14H2,1-5H3. The molecule has 1 aliphatic heterocycles. The van der Waals surface area contributed by atoms with Crippen molar-refractivity contribution >= 4 is 5.91 Å². The molecule has 0 aromatic carbocycles. The summed E-state index contributed by atoms with van der Waals surface area (Å²) in [7, 11) is 4.03. The van der Waals surface area contributed by atoms with E-state index in [4.69, 9.17) is 10.5 Å². The van der Waals surface area contributed by atoms with E-state index in [0.717, 1.165) is 6.54 Å². The highest BCUT2D eigenvalue weighted by molar-refractivity contribution is 5.84. The largest absolute Gasteiger partial charge is 0.379 e. The Balaban J connectivity index is 2.79. The highest BCUT2D eigenvalue weighted by Gasteiger charge is 2.46. The topological polar surface area (TPSA) is 58.8 Å². The van der Waals surface area contributed by atoms with Crippen LogP contribution in [0.2, 0.25) is 0 Å². The van der Waals surface area contributed by atoms with Gasteiger partial charge in [0.25, 0.3) is 0 Å². The van der Waals surface area contributed by atoms with Gasteiger partial charge in [-0.25, -0.2) is 0 Å². The first-order chi connectivity index (χ1) is 8.32. The predicted octanol–water partition coefficient (Wildman–Crippen LogP) is 0.149. The summed E-state index contributed by atoms with van der Waals surface area (Å²) >= 11 is 0. The van der Waals surface area contributed by atoms with E-state index in [9.17, 15) is 4.79 Å². The van der Waals surface area contributed by atoms with Crippen molar-refractivity contribution < 1.29 is 9.53 Å². The summed E-state index contributed by atoms with van der Waals surface area (Å²) in [4.78, 5) is 16.7. The van der Waals surface area contributed by atoms with Gasteiger partial charge < -0.3 is 20.3 Å².